The van der Waals surface area contributed by atoms with Gasteiger partial charge >= 0.3 is 179 Å². The van der Waals surface area contributed by atoms with Crippen molar-refractivity contribution in [3.63, 3.8) is 0 Å². The molecule has 2 unspecified atom stereocenters. The summed E-state index contributed by atoms with van der Waals surface area (Å²) in [5, 5.41) is 0. The second kappa shape index (κ2) is 7.06. The summed E-state index contributed by atoms with van der Waals surface area (Å²) in [7, 11) is -0.694. The molecule has 0 amide bonds. The van der Waals surface area contributed by atoms with Crippen molar-refractivity contribution in [1.29, 1.82) is 0 Å². The van der Waals surface area contributed by atoms with Crippen LogP contribution in [-0.2, 0) is 26.7 Å². The summed E-state index contributed by atoms with van der Waals surface area (Å²) in [5.41, 5.74) is 10.9. The van der Waals surface area contributed by atoms with Gasteiger partial charge in [0.1, 0.15) is 0 Å². The molecule has 2 aliphatic carbocycles. The number of benzene rings is 2. The molecule has 0 heterocycles. The number of hydrogen-bond acceptors (Lipinski definition) is 0. The van der Waals surface area contributed by atoms with Crippen molar-refractivity contribution in [3.05, 3.63) is 76.4 Å². The van der Waals surface area contributed by atoms with Gasteiger partial charge in [-0.25, -0.2) is 0 Å². The molecule has 4 rings (SSSR count). The fraction of sp³-hybridized carbons (Fsp3) is 0.385. The second-order valence-corrected chi connectivity index (χ2v) is 26.5. The van der Waals surface area contributed by atoms with Gasteiger partial charge in [0, 0.05) is 0 Å². The SMILES string of the molecule is CC1=C[C](C)([Zr]([CH3])([CH2][SiH](C)C)[c]2cccc3c2Cc2ccccc2-3)C(C)=C1C. The van der Waals surface area contributed by atoms with Gasteiger partial charge in [0.25, 0.3) is 0 Å². The van der Waals surface area contributed by atoms with E-state index < -0.39 is 29.1 Å². The van der Waals surface area contributed by atoms with Crippen LogP contribution in [0, 0.1) is 0 Å². The average molecular weight is 466 g/mol. The molecule has 0 radical (unpaired) electrons. The van der Waals surface area contributed by atoms with Gasteiger partial charge in [-0.1, -0.05) is 0 Å². The van der Waals surface area contributed by atoms with E-state index in [0.29, 0.717) is 3.12 Å². The molecule has 0 aliphatic heterocycles. The zero-order valence-corrected chi connectivity index (χ0v) is 22.2. The summed E-state index contributed by atoms with van der Waals surface area (Å²) in [4.78, 5) is 0. The predicted octanol–water partition coefficient (Wildman–Crippen LogP) is 7.00. The van der Waals surface area contributed by atoms with Gasteiger partial charge in [-0.15, -0.1) is 0 Å². The quantitative estimate of drug-likeness (QED) is 0.364. The van der Waals surface area contributed by atoms with E-state index in [9.17, 15) is 0 Å². The molecular formula is C26H34SiZr. The van der Waals surface area contributed by atoms with E-state index in [1.54, 1.807) is 20.0 Å². The van der Waals surface area contributed by atoms with Crippen LogP contribution in [0.15, 0.2) is 65.3 Å². The third-order valence-electron chi connectivity index (χ3n) is 7.85. The van der Waals surface area contributed by atoms with Crippen molar-refractivity contribution in [3.8, 4) is 11.1 Å². The topological polar surface area (TPSA) is 0 Å². The Labute approximate surface area is 177 Å². The van der Waals surface area contributed by atoms with Crippen molar-refractivity contribution in [2.24, 2.45) is 0 Å². The first kappa shape index (κ1) is 20.3. The van der Waals surface area contributed by atoms with Gasteiger partial charge in [-0.05, 0) is 0 Å². The maximum absolute atomic E-state index is 2.78. The molecule has 0 spiro atoms. The second-order valence-electron chi connectivity index (χ2n) is 9.88. The molecule has 0 bridgehead atoms. The molecule has 28 heavy (non-hydrogen) atoms. The van der Waals surface area contributed by atoms with E-state index in [1.807, 2.05) is 0 Å². The van der Waals surface area contributed by atoms with E-state index in [0.717, 1.165) is 6.42 Å². The Morgan fingerprint density at radius 2 is 1.64 bits per heavy atom. The Morgan fingerprint density at radius 1 is 0.964 bits per heavy atom. The van der Waals surface area contributed by atoms with E-state index in [1.165, 1.54) is 26.0 Å². The van der Waals surface area contributed by atoms with Crippen LogP contribution < -0.4 is 3.27 Å². The molecule has 0 nitrogen and oxygen atoms in total. The number of hydrogen-bond donors (Lipinski definition) is 0. The van der Waals surface area contributed by atoms with Crippen LogP contribution in [-0.4, -0.2) is 8.80 Å². The first-order chi connectivity index (χ1) is 13.2. The van der Waals surface area contributed by atoms with Crippen LogP contribution in [0.4, 0.5) is 0 Å². The summed E-state index contributed by atoms with van der Waals surface area (Å²) in [6.45, 7) is 14.8. The Bertz CT molecular complexity index is 1010. The molecule has 2 atom stereocenters. The summed E-state index contributed by atoms with van der Waals surface area (Å²) in [6, 6.07) is 16.3. The third-order valence-corrected chi connectivity index (χ3v) is 32.5. The first-order valence-electron chi connectivity index (χ1n) is 10.8. The Hall–Kier alpha value is -0.980. The summed E-state index contributed by atoms with van der Waals surface area (Å²) in [6.07, 6.45) is 3.81. The van der Waals surface area contributed by atoms with Crippen LogP contribution in [0.2, 0.25) is 24.6 Å². The van der Waals surface area contributed by atoms with Gasteiger partial charge in [0.2, 0.25) is 0 Å². The summed E-state index contributed by atoms with van der Waals surface area (Å²) >= 11 is -2.78. The number of rotatable bonds is 4. The fourth-order valence-corrected chi connectivity index (χ4v) is 33.6. The molecule has 0 N–H and O–H groups in total. The normalized spacial score (nSPS) is 22.9. The van der Waals surface area contributed by atoms with E-state index >= 15 is 0 Å². The van der Waals surface area contributed by atoms with Gasteiger partial charge in [-0.3, -0.25) is 0 Å². The summed E-state index contributed by atoms with van der Waals surface area (Å²) in [5.74, 6) is 0. The Morgan fingerprint density at radius 3 is 2.29 bits per heavy atom. The minimum absolute atomic E-state index is 0.296. The van der Waals surface area contributed by atoms with E-state index in [4.69, 9.17) is 0 Å². The standard InChI is InChI=1S/C13H9.C9H13.C3H9Si.CH3.Zr/c1-3-7-12-10(5-1)9-11-6-2-4-8-13(11)12;1-6-5-7(2)9(4)8(6)3;1-4(2)3;;/h1-5,7-8H,9H2;5H,1-4H3;4H,1H2,2-3H3;1H3;. The van der Waals surface area contributed by atoms with E-state index in [-0.39, 0.29) is 0 Å². The molecule has 2 aliphatic rings. The third kappa shape index (κ3) is 2.86. The molecule has 146 valence electrons. The molecule has 2 heteroatoms. The van der Waals surface area contributed by atoms with Crippen molar-refractivity contribution in [2.75, 3.05) is 0 Å². The molecule has 0 fully saturated rings. The van der Waals surface area contributed by atoms with Crippen LogP contribution in [0.3, 0.4) is 0 Å². The van der Waals surface area contributed by atoms with Crippen molar-refractivity contribution in [1.82, 2.24) is 0 Å². The Kier molecular flexibility index (Phi) is 5.12. The first-order valence-corrected chi connectivity index (χ1v) is 20.6. The van der Waals surface area contributed by atoms with Crippen molar-refractivity contribution in [2.45, 2.75) is 58.7 Å². The Balaban J connectivity index is 1.95. The van der Waals surface area contributed by atoms with Gasteiger partial charge < -0.3 is 0 Å². The monoisotopic (exact) mass is 464 g/mol. The predicted molar refractivity (Wildman–Crippen MR) is 124 cm³/mol. The van der Waals surface area contributed by atoms with Gasteiger partial charge in [0.05, 0.1) is 0 Å². The number of allylic oxidation sites excluding steroid dienone is 4. The van der Waals surface area contributed by atoms with Crippen LogP contribution in [0.25, 0.3) is 11.1 Å². The molecule has 2 aromatic carbocycles. The molecular weight excluding hydrogens is 432 g/mol. The zero-order chi connectivity index (χ0) is 20.3. The molecule has 0 saturated carbocycles. The molecule has 0 saturated heterocycles. The zero-order valence-electron chi connectivity index (χ0n) is 18.6. The number of fused-ring (bicyclic) bond motifs is 3. The van der Waals surface area contributed by atoms with Crippen molar-refractivity contribution < 1.29 is 20.3 Å². The van der Waals surface area contributed by atoms with Gasteiger partial charge in [0.15, 0.2) is 0 Å². The maximum atomic E-state index is 2.77. The average Bonchev–Trinajstić information content (AvgIpc) is 3.12. The van der Waals surface area contributed by atoms with Crippen molar-refractivity contribution >= 4 is 12.1 Å². The van der Waals surface area contributed by atoms with Crippen LogP contribution in [0.1, 0.15) is 38.8 Å². The van der Waals surface area contributed by atoms with Crippen LogP contribution >= 0.6 is 0 Å². The van der Waals surface area contributed by atoms with E-state index in [2.05, 4.69) is 94.0 Å². The minimum atomic E-state index is -2.78. The van der Waals surface area contributed by atoms with Gasteiger partial charge in [-0.2, -0.15) is 0 Å². The fourth-order valence-electron chi connectivity index (χ4n) is 6.00. The summed E-state index contributed by atoms with van der Waals surface area (Å²) < 4.78 is 6.40. The van der Waals surface area contributed by atoms with Crippen LogP contribution in [0.5, 0.6) is 0 Å². The molecule has 2 aromatic rings. The molecule has 0 aromatic heterocycles.